The summed E-state index contributed by atoms with van der Waals surface area (Å²) in [5.74, 6) is -0.0640. The lowest BCUT2D eigenvalue weighted by molar-refractivity contribution is -0.119. The van der Waals surface area contributed by atoms with E-state index in [-0.39, 0.29) is 36.5 Å². The molecule has 0 bridgehead atoms. The second-order valence-corrected chi connectivity index (χ2v) is 16.6. The number of hydrogen-bond acceptors (Lipinski definition) is 7. The first kappa shape index (κ1) is 21.8. The maximum absolute atomic E-state index is 12.6. The normalized spacial score (nSPS) is 20.6. The van der Waals surface area contributed by atoms with Gasteiger partial charge in [-0.2, -0.15) is 0 Å². The molecule has 2 fully saturated rings. The molecular weight excluding hydrogens is 488 g/mol. The maximum atomic E-state index is 12.6. The van der Waals surface area contributed by atoms with E-state index in [1.54, 1.807) is 12.1 Å². The zero-order chi connectivity index (χ0) is 28.7. The van der Waals surface area contributed by atoms with Crippen molar-refractivity contribution in [2.24, 2.45) is 11.8 Å². The molecule has 0 aromatic carbocycles. The lowest BCUT2D eigenvalue weighted by Crippen LogP contribution is -2.22. The minimum absolute atomic E-state index is 0.0533. The van der Waals surface area contributed by atoms with Crippen LogP contribution >= 0.6 is 0 Å². The third kappa shape index (κ3) is 5.85. The average molecular weight is 526 g/mol. The minimum Gasteiger partial charge on any atom is -0.490 e. The number of anilines is 1. The molecular formula is C27H34N4O5Si. The zero-order valence-corrected chi connectivity index (χ0v) is 22.3. The highest BCUT2D eigenvalue weighted by Gasteiger charge is 2.43. The van der Waals surface area contributed by atoms with Crippen LogP contribution in [0.2, 0.25) is 25.7 Å². The predicted octanol–water partition coefficient (Wildman–Crippen LogP) is 4.73. The van der Waals surface area contributed by atoms with Crippen LogP contribution in [0.3, 0.4) is 0 Å². The van der Waals surface area contributed by atoms with Crippen molar-refractivity contribution in [3.05, 3.63) is 30.6 Å². The van der Waals surface area contributed by atoms with Crippen LogP contribution in [-0.4, -0.2) is 54.6 Å². The van der Waals surface area contributed by atoms with E-state index < -0.39 is 15.1 Å². The molecule has 0 aliphatic heterocycles. The Morgan fingerprint density at radius 1 is 1.30 bits per heavy atom. The number of ether oxygens (including phenoxy) is 3. The number of aromatic nitrogens is 3. The van der Waals surface area contributed by atoms with E-state index in [0.717, 1.165) is 25.2 Å². The first-order valence-electron chi connectivity index (χ1n) is 14.1. The summed E-state index contributed by atoms with van der Waals surface area (Å²) in [6.07, 6.45) is 6.53. The van der Waals surface area contributed by atoms with Gasteiger partial charge in [0.2, 0.25) is 11.8 Å². The number of amides is 1. The summed E-state index contributed by atoms with van der Waals surface area (Å²) in [6, 6.07) is 6.18. The number of nitrogens with zero attached hydrogens (tertiary/aromatic N) is 3. The van der Waals surface area contributed by atoms with Crippen LogP contribution in [0.25, 0.3) is 22.2 Å². The molecule has 3 heterocycles. The molecule has 37 heavy (non-hydrogen) atoms. The zero-order valence-electron chi connectivity index (χ0n) is 24.3. The number of nitrogens with one attached hydrogen (secondary N) is 1. The number of rotatable bonds is 12. The Bertz CT molecular complexity index is 1420. The van der Waals surface area contributed by atoms with Gasteiger partial charge in [-0.15, -0.1) is 0 Å². The summed E-state index contributed by atoms with van der Waals surface area (Å²) in [5.41, 5.74) is 1.58. The van der Waals surface area contributed by atoms with Crippen molar-refractivity contribution in [3.63, 3.8) is 0 Å². The number of aldehydes is 1. The van der Waals surface area contributed by atoms with E-state index in [2.05, 4.69) is 29.9 Å². The van der Waals surface area contributed by atoms with Crippen LogP contribution < -0.4 is 14.8 Å². The van der Waals surface area contributed by atoms with E-state index in [0.29, 0.717) is 46.8 Å². The van der Waals surface area contributed by atoms with Crippen molar-refractivity contribution in [3.8, 4) is 22.8 Å². The molecule has 2 atom stereocenters. The Hall–Kier alpha value is -3.24. The van der Waals surface area contributed by atoms with Crippen LogP contribution in [0.5, 0.6) is 11.6 Å². The Morgan fingerprint density at radius 3 is 2.84 bits per heavy atom. The van der Waals surface area contributed by atoms with Crippen molar-refractivity contribution in [1.29, 1.82) is 0 Å². The van der Waals surface area contributed by atoms with Crippen LogP contribution in [0.4, 0.5) is 5.82 Å². The highest BCUT2D eigenvalue weighted by atomic mass is 28.3. The lowest BCUT2D eigenvalue weighted by atomic mass is 10.1. The first-order valence-corrected chi connectivity index (χ1v) is 16.3. The van der Waals surface area contributed by atoms with Gasteiger partial charge in [0.05, 0.1) is 22.8 Å². The lowest BCUT2D eigenvalue weighted by Gasteiger charge is -2.15. The van der Waals surface area contributed by atoms with Crippen molar-refractivity contribution in [2.45, 2.75) is 57.8 Å². The van der Waals surface area contributed by atoms with Gasteiger partial charge >= 0.3 is 0 Å². The Balaban J connectivity index is 1.54. The van der Waals surface area contributed by atoms with E-state index in [4.69, 9.17) is 23.3 Å². The monoisotopic (exact) mass is 525 g/mol. The Morgan fingerprint density at radius 2 is 2.14 bits per heavy atom. The molecule has 0 saturated heterocycles. The van der Waals surface area contributed by atoms with Gasteiger partial charge in [0.25, 0.3) is 0 Å². The molecule has 0 spiro atoms. The Kier molecular flexibility index (Phi) is 6.04. The fourth-order valence-electron chi connectivity index (χ4n) is 4.17. The summed E-state index contributed by atoms with van der Waals surface area (Å²) < 4.78 is 42.4. The molecule has 3 aromatic heterocycles. The molecule has 2 saturated carbocycles. The van der Waals surface area contributed by atoms with Gasteiger partial charge in [-0.05, 0) is 43.5 Å². The number of hydrogen-bond donors (Lipinski definition) is 1. The molecule has 196 valence electrons. The van der Waals surface area contributed by atoms with Crippen LogP contribution in [-0.2, 0) is 21.1 Å². The van der Waals surface area contributed by atoms with Gasteiger partial charge in [-0.3, -0.25) is 4.79 Å². The van der Waals surface area contributed by atoms with Crippen molar-refractivity contribution >= 4 is 37.1 Å². The number of pyridine rings is 2. The van der Waals surface area contributed by atoms with E-state index in [1.807, 2.05) is 16.8 Å². The molecule has 10 heteroatoms. The molecule has 2 aliphatic carbocycles. The van der Waals surface area contributed by atoms with Crippen molar-refractivity contribution in [2.75, 3.05) is 19.0 Å². The molecule has 0 unspecified atom stereocenters. The first-order chi connectivity index (χ1) is 18.9. The quantitative estimate of drug-likeness (QED) is 0.207. The predicted molar refractivity (Wildman–Crippen MR) is 144 cm³/mol. The summed E-state index contributed by atoms with van der Waals surface area (Å²) in [6.45, 7) is 7.63. The molecule has 9 nitrogen and oxygen atoms in total. The second kappa shape index (κ2) is 10.3. The topological polar surface area (TPSA) is 105 Å². The van der Waals surface area contributed by atoms with Gasteiger partial charge < -0.3 is 28.9 Å². The minimum atomic E-state index is -2.71. The summed E-state index contributed by atoms with van der Waals surface area (Å²) in [4.78, 5) is 32.6. The van der Waals surface area contributed by atoms with Crippen LogP contribution in [0, 0.1) is 11.8 Å². The van der Waals surface area contributed by atoms with Gasteiger partial charge in [-0.25, -0.2) is 9.97 Å². The smallest absolute Gasteiger partial charge is 0.229 e. The summed E-state index contributed by atoms with van der Waals surface area (Å²) >= 11 is 0. The SMILES string of the molecule is [2H]C([2H])([2H])Oc1nccc(OC2CC2)c1-c1cn(COCC[Si](C)(C)C)c2nc(NC(=O)[C@@H]3C[C@H]3C=O)ccc12. The number of methoxy groups -OCH3 is 1. The molecule has 5 rings (SSSR count). The van der Waals surface area contributed by atoms with Gasteiger partial charge in [0.1, 0.15) is 30.2 Å². The number of carbonyl (C=O) groups excluding carboxylic acids is 2. The molecule has 3 aromatic rings. The summed E-state index contributed by atoms with van der Waals surface area (Å²) in [7, 11) is -4.01. The van der Waals surface area contributed by atoms with Gasteiger partial charge in [-0.1, -0.05) is 19.6 Å². The summed E-state index contributed by atoms with van der Waals surface area (Å²) in [5, 5.41) is 3.51. The molecule has 1 amide bonds. The van der Waals surface area contributed by atoms with Gasteiger partial charge in [0, 0.05) is 49.9 Å². The van der Waals surface area contributed by atoms with Crippen molar-refractivity contribution < 1.29 is 27.9 Å². The second-order valence-electron chi connectivity index (χ2n) is 11.0. The average Bonchev–Trinajstić information content (AvgIpc) is 3.79. The third-order valence-corrected chi connectivity index (χ3v) is 8.32. The molecule has 1 N–H and O–H groups in total. The van der Waals surface area contributed by atoms with E-state index >= 15 is 0 Å². The highest BCUT2D eigenvalue weighted by molar-refractivity contribution is 6.76. The van der Waals surface area contributed by atoms with Gasteiger partial charge in [0.15, 0.2) is 0 Å². The third-order valence-electron chi connectivity index (χ3n) is 6.61. The van der Waals surface area contributed by atoms with E-state index in [9.17, 15) is 9.59 Å². The fraction of sp³-hybridized carbons (Fsp3) is 0.481. The maximum Gasteiger partial charge on any atom is 0.229 e. The van der Waals surface area contributed by atoms with E-state index in [1.165, 1.54) is 6.20 Å². The van der Waals surface area contributed by atoms with Crippen molar-refractivity contribution in [1.82, 2.24) is 14.5 Å². The highest BCUT2D eigenvalue weighted by Crippen LogP contribution is 2.43. The molecule has 2 aliphatic rings. The Labute approximate surface area is 221 Å². The number of fused-ring (bicyclic) bond motifs is 1. The largest absolute Gasteiger partial charge is 0.490 e. The van der Waals surface area contributed by atoms with Crippen LogP contribution in [0.1, 0.15) is 23.4 Å². The fourth-order valence-corrected chi connectivity index (χ4v) is 4.93. The molecule has 0 radical (unpaired) electrons. The number of carbonyl (C=O) groups is 2. The standard InChI is InChI=1S/C27H34N4O5Si/c1-34-27-24(22(9-10-28-27)36-18-5-6-18)21-14-31(16-35-11-12-37(2,3)4)25-19(21)7-8-23(29-25)30-26(33)20-13-17(20)15-32/h7-10,14-15,17-18,20H,5-6,11-13,16H2,1-4H3,(H,29,30,33)/t17-,20+/m0/s1/i1D3. The van der Waals surface area contributed by atoms with Crippen LogP contribution in [0.15, 0.2) is 30.6 Å².